The summed E-state index contributed by atoms with van der Waals surface area (Å²) in [6, 6.07) is 8.12. The minimum absolute atomic E-state index is 1.05. The van der Waals surface area contributed by atoms with Crippen LogP contribution in [0.25, 0.3) is 0 Å². The van der Waals surface area contributed by atoms with E-state index in [-0.39, 0.29) is 0 Å². The van der Waals surface area contributed by atoms with Crippen molar-refractivity contribution in [3.8, 4) is 0 Å². The summed E-state index contributed by atoms with van der Waals surface area (Å²) in [5, 5.41) is 0. The van der Waals surface area contributed by atoms with Crippen molar-refractivity contribution in [1.82, 2.24) is 0 Å². The summed E-state index contributed by atoms with van der Waals surface area (Å²) in [6.45, 7) is 6.12. The predicted octanol–water partition coefficient (Wildman–Crippen LogP) is 3.66. The lowest BCUT2D eigenvalue weighted by Gasteiger charge is -1.97. The average Bonchev–Trinajstić information content (AvgIpc) is 2.16. The van der Waals surface area contributed by atoms with Crippen molar-refractivity contribution < 1.29 is 0 Å². The number of aliphatic imine (C=N–C) groups is 1. The van der Waals surface area contributed by atoms with Gasteiger partial charge in [-0.15, -0.1) is 0 Å². The van der Waals surface area contributed by atoms with Crippen LogP contribution in [0.15, 0.2) is 40.9 Å². The molecule has 0 aliphatic carbocycles. The van der Waals surface area contributed by atoms with Crippen LogP contribution in [0.5, 0.6) is 0 Å². The number of hydrogen-bond acceptors (Lipinski definition) is 1. The van der Waals surface area contributed by atoms with Gasteiger partial charge in [-0.1, -0.05) is 24.3 Å². The van der Waals surface area contributed by atoms with Crippen molar-refractivity contribution in [3.05, 3.63) is 41.5 Å². The van der Waals surface area contributed by atoms with Gasteiger partial charge in [0, 0.05) is 6.21 Å². The Morgan fingerprint density at radius 3 is 2.62 bits per heavy atom. The quantitative estimate of drug-likeness (QED) is 0.605. The molecule has 0 aliphatic rings. The second kappa shape index (κ2) is 4.61. The molecule has 1 rings (SSSR count). The molecule has 1 nitrogen and oxygen atoms in total. The maximum Gasteiger partial charge on any atom is 0.0658 e. The van der Waals surface area contributed by atoms with Crippen LogP contribution in [0.1, 0.15) is 19.4 Å². The standard InChI is InChI=1S/C12H15N/c1-4-10(2)9-13-12-8-6-5-7-11(12)3/h4-9H,1-3H3/b10-4-,13-9?. The summed E-state index contributed by atoms with van der Waals surface area (Å²) < 4.78 is 0. The fourth-order valence-electron chi connectivity index (χ4n) is 0.954. The maximum absolute atomic E-state index is 4.38. The van der Waals surface area contributed by atoms with Gasteiger partial charge in [-0.05, 0) is 38.0 Å². The van der Waals surface area contributed by atoms with Crippen LogP contribution in [0.2, 0.25) is 0 Å². The summed E-state index contributed by atoms with van der Waals surface area (Å²) in [7, 11) is 0. The largest absolute Gasteiger partial charge is 0.256 e. The highest BCUT2D eigenvalue weighted by atomic mass is 14.7. The smallest absolute Gasteiger partial charge is 0.0658 e. The molecule has 1 aromatic carbocycles. The van der Waals surface area contributed by atoms with Gasteiger partial charge in [-0.25, -0.2) is 0 Å². The maximum atomic E-state index is 4.38. The SMILES string of the molecule is C/C=C(/C)C=Nc1ccccc1C. The predicted molar refractivity (Wildman–Crippen MR) is 58.8 cm³/mol. The Balaban J connectivity index is 2.86. The van der Waals surface area contributed by atoms with Crippen LogP contribution in [0.3, 0.4) is 0 Å². The van der Waals surface area contributed by atoms with Gasteiger partial charge in [-0.2, -0.15) is 0 Å². The lowest BCUT2D eigenvalue weighted by Crippen LogP contribution is -1.77. The summed E-state index contributed by atoms with van der Waals surface area (Å²) in [5.74, 6) is 0. The normalized spacial score (nSPS) is 12.4. The third kappa shape index (κ3) is 2.86. The van der Waals surface area contributed by atoms with Crippen LogP contribution in [-0.4, -0.2) is 6.21 Å². The zero-order valence-corrected chi connectivity index (χ0v) is 8.41. The van der Waals surface area contributed by atoms with Gasteiger partial charge >= 0.3 is 0 Å². The Kier molecular flexibility index (Phi) is 3.44. The summed E-state index contributed by atoms with van der Waals surface area (Å²) in [4.78, 5) is 4.38. The fraction of sp³-hybridized carbons (Fsp3) is 0.250. The van der Waals surface area contributed by atoms with Crippen molar-refractivity contribution in [2.45, 2.75) is 20.8 Å². The first kappa shape index (κ1) is 9.72. The van der Waals surface area contributed by atoms with E-state index < -0.39 is 0 Å². The van der Waals surface area contributed by atoms with Gasteiger partial charge in [0.1, 0.15) is 0 Å². The van der Waals surface area contributed by atoms with Crippen LogP contribution in [-0.2, 0) is 0 Å². The van der Waals surface area contributed by atoms with Crippen LogP contribution in [0.4, 0.5) is 5.69 Å². The topological polar surface area (TPSA) is 12.4 Å². The zero-order chi connectivity index (χ0) is 9.68. The van der Waals surface area contributed by atoms with E-state index in [0.717, 1.165) is 5.69 Å². The Labute approximate surface area is 79.8 Å². The third-order valence-corrected chi connectivity index (χ3v) is 1.98. The van der Waals surface area contributed by atoms with Gasteiger partial charge in [0.05, 0.1) is 5.69 Å². The second-order valence-corrected chi connectivity index (χ2v) is 3.08. The molecule has 0 bridgehead atoms. The molecule has 1 heteroatoms. The number of allylic oxidation sites excluding steroid dienone is 2. The van der Waals surface area contributed by atoms with Crippen molar-refractivity contribution >= 4 is 11.9 Å². The van der Waals surface area contributed by atoms with E-state index in [9.17, 15) is 0 Å². The zero-order valence-electron chi connectivity index (χ0n) is 8.41. The molecule has 0 spiro atoms. The molecule has 0 radical (unpaired) electrons. The summed E-state index contributed by atoms with van der Waals surface area (Å²) >= 11 is 0. The van der Waals surface area contributed by atoms with Gasteiger partial charge in [0.2, 0.25) is 0 Å². The molecule has 0 amide bonds. The van der Waals surface area contributed by atoms with E-state index in [2.05, 4.69) is 18.0 Å². The minimum Gasteiger partial charge on any atom is -0.256 e. The molecule has 0 atom stereocenters. The van der Waals surface area contributed by atoms with Crippen molar-refractivity contribution in [3.63, 3.8) is 0 Å². The number of nitrogens with zero attached hydrogens (tertiary/aromatic N) is 1. The Bertz CT molecular complexity index is 335. The Morgan fingerprint density at radius 1 is 1.31 bits per heavy atom. The first-order valence-electron chi connectivity index (χ1n) is 4.46. The van der Waals surface area contributed by atoms with Crippen LogP contribution >= 0.6 is 0 Å². The van der Waals surface area contributed by atoms with Crippen molar-refractivity contribution in [2.75, 3.05) is 0 Å². The molecule has 0 saturated carbocycles. The lowest BCUT2D eigenvalue weighted by molar-refractivity contribution is 1.40. The molecule has 0 fully saturated rings. The fourth-order valence-corrected chi connectivity index (χ4v) is 0.954. The monoisotopic (exact) mass is 173 g/mol. The molecule has 0 N–H and O–H groups in total. The molecule has 0 unspecified atom stereocenters. The first-order chi connectivity index (χ1) is 6.24. The van der Waals surface area contributed by atoms with Gasteiger partial charge < -0.3 is 0 Å². The van der Waals surface area contributed by atoms with Crippen molar-refractivity contribution in [2.24, 2.45) is 4.99 Å². The van der Waals surface area contributed by atoms with E-state index in [1.165, 1.54) is 11.1 Å². The number of rotatable bonds is 2. The molecule has 0 saturated heterocycles. The Hall–Kier alpha value is -1.37. The lowest BCUT2D eigenvalue weighted by atomic mass is 10.2. The van der Waals surface area contributed by atoms with E-state index in [1.54, 1.807) is 0 Å². The molecule has 0 aliphatic heterocycles. The average molecular weight is 173 g/mol. The summed E-state index contributed by atoms with van der Waals surface area (Å²) in [6.07, 6.45) is 3.93. The van der Waals surface area contributed by atoms with E-state index in [4.69, 9.17) is 0 Å². The first-order valence-corrected chi connectivity index (χ1v) is 4.46. The minimum atomic E-state index is 1.05. The van der Waals surface area contributed by atoms with Crippen LogP contribution in [0, 0.1) is 6.92 Å². The van der Waals surface area contributed by atoms with Crippen molar-refractivity contribution in [1.29, 1.82) is 0 Å². The van der Waals surface area contributed by atoms with E-state index in [1.807, 2.05) is 44.3 Å². The second-order valence-electron chi connectivity index (χ2n) is 3.08. The molecule has 1 aromatic rings. The molecule has 0 heterocycles. The number of para-hydroxylation sites is 1. The molecule has 68 valence electrons. The number of benzene rings is 1. The molecular formula is C12H15N. The number of hydrogen-bond donors (Lipinski definition) is 0. The highest BCUT2D eigenvalue weighted by Gasteiger charge is 1.91. The Morgan fingerprint density at radius 2 is 2.00 bits per heavy atom. The third-order valence-electron chi connectivity index (χ3n) is 1.98. The van der Waals surface area contributed by atoms with Crippen LogP contribution < -0.4 is 0 Å². The highest BCUT2D eigenvalue weighted by molar-refractivity contribution is 5.80. The molecular weight excluding hydrogens is 158 g/mol. The highest BCUT2D eigenvalue weighted by Crippen LogP contribution is 2.16. The molecule has 0 aromatic heterocycles. The van der Waals surface area contributed by atoms with E-state index in [0.29, 0.717) is 0 Å². The number of aryl methyl sites for hydroxylation is 1. The molecule has 13 heavy (non-hydrogen) atoms. The summed E-state index contributed by atoms with van der Waals surface area (Å²) in [5.41, 5.74) is 3.44. The van der Waals surface area contributed by atoms with Gasteiger partial charge in [0.15, 0.2) is 0 Å². The van der Waals surface area contributed by atoms with Gasteiger partial charge in [-0.3, -0.25) is 4.99 Å². The van der Waals surface area contributed by atoms with Gasteiger partial charge in [0.25, 0.3) is 0 Å². The van der Waals surface area contributed by atoms with E-state index >= 15 is 0 Å².